The molecule has 29 heavy (non-hydrogen) atoms. The lowest BCUT2D eigenvalue weighted by molar-refractivity contribution is -0.384. The van der Waals surface area contributed by atoms with E-state index in [1.54, 1.807) is 17.0 Å². The summed E-state index contributed by atoms with van der Waals surface area (Å²) in [6, 6.07) is 11.6. The molecule has 156 valence electrons. The second kappa shape index (κ2) is 9.37. The van der Waals surface area contributed by atoms with E-state index >= 15 is 0 Å². The average molecular weight is 421 g/mol. The van der Waals surface area contributed by atoms with E-state index in [-0.39, 0.29) is 23.5 Å². The highest BCUT2D eigenvalue weighted by Crippen LogP contribution is 2.19. The Kier molecular flexibility index (Phi) is 7.16. The van der Waals surface area contributed by atoms with Crippen molar-refractivity contribution in [1.82, 2.24) is 4.90 Å². The van der Waals surface area contributed by atoms with Gasteiger partial charge >= 0.3 is 16.1 Å². The SMILES string of the molecule is CC[C@@H](C)N(Cc1ccc(OS(C)(=O)=O)cc1)C(=O)Nc1ccc([N+](=O)[O-])cc1. The van der Waals surface area contributed by atoms with E-state index < -0.39 is 15.0 Å². The molecule has 0 heterocycles. The zero-order chi connectivity index (χ0) is 21.6. The van der Waals surface area contributed by atoms with Crippen LogP contribution < -0.4 is 9.50 Å². The Labute approximate surface area is 169 Å². The van der Waals surface area contributed by atoms with Crippen LogP contribution in [0.5, 0.6) is 5.75 Å². The van der Waals surface area contributed by atoms with E-state index in [0.717, 1.165) is 18.2 Å². The number of amides is 2. The number of urea groups is 1. The number of nitrogens with one attached hydrogen (secondary N) is 1. The molecule has 0 saturated heterocycles. The lowest BCUT2D eigenvalue weighted by Gasteiger charge is -2.29. The minimum atomic E-state index is -3.60. The third-order valence-corrected chi connectivity index (χ3v) is 4.73. The van der Waals surface area contributed by atoms with Crippen LogP contribution in [0.1, 0.15) is 25.8 Å². The molecule has 2 aromatic carbocycles. The number of rotatable bonds is 8. The highest BCUT2D eigenvalue weighted by Gasteiger charge is 2.20. The van der Waals surface area contributed by atoms with Crippen molar-refractivity contribution in [3.05, 3.63) is 64.2 Å². The molecule has 0 unspecified atom stereocenters. The number of carbonyl (C=O) groups is 1. The van der Waals surface area contributed by atoms with Gasteiger partial charge in [-0.3, -0.25) is 10.1 Å². The average Bonchev–Trinajstić information content (AvgIpc) is 2.66. The topological polar surface area (TPSA) is 119 Å². The van der Waals surface area contributed by atoms with Crippen molar-refractivity contribution in [3.63, 3.8) is 0 Å². The fourth-order valence-electron chi connectivity index (χ4n) is 2.53. The van der Waals surface area contributed by atoms with Crippen molar-refractivity contribution in [2.45, 2.75) is 32.9 Å². The summed E-state index contributed by atoms with van der Waals surface area (Å²) in [6.07, 6.45) is 1.69. The lowest BCUT2D eigenvalue weighted by atomic mass is 10.1. The molecular formula is C19H23N3O6S. The Morgan fingerprint density at radius 3 is 2.24 bits per heavy atom. The van der Waals surface area contributed by atoms with Gasteiger partial charge in [0, 0.05) is 30.4 Å². The third kappa shape index (κ3) is 6.75. The molecule has 2 amide bonds. The summed E-state index contributed by atoms with van der Waals surface area (Å²) in [4.78, 5) is 24.6. The molecule has 0 bridgehead atoms. The summed E-state index contributed by atoms with van der Waals surface area (Å²) in [6.45, 7) is 4.17. The van der Waals surface area contributed by atoms with Gasteiger partial charge in [-0.15, -0.1) is 0 Å². The van der Waals surface area contributed by atoms with Crippen LogP contribution >= 0.6 is 0 Å². The standard InChI is InChI=1S/C19H23N3O6S/c1-4-14(2)21(13-15-5-11-18(12-6-15)28-29(3,26)27)19(23)20-16-7-9-17(10-8-16)22(24)25/h5-12,14H,4,13H2,1-3H3,(H,20,23)/t14-/m1/s1. The van der Waals surface area contributed by atoms with Gasteiger partial charge in [0.25, 0.3) is 5.69 Å². The van der Waals surface area contributed by atoms with Crippen molar-refractivity contribution >= 4 is 27.5 Å². The predicted molar refractivity (Wildman–Crippen MR) is 109 cm³/mol. The van der Waals surface area contributed by atoms with Gasteiger partial charge in [0.15, 0.2) is 0 Å². The molecule has 0 spiro atoms. The smallest absolute Gasteiger partial charge is 0.322 e. The van der Waals surface area contributed by atoms with E-state index in [0.29, 0.717) is 12.2 Å². The molecule has 2 rings (SSSR count). The monoisotopic (exact) mass is 421 g/mol. The van der Waals surface area contributed by atoms with Crippen LogP contribution in [0.4, 0.5) is 16.2 Å². The Bertz CT molecular complexity index is 958. The van der Waals surface area contributed by atoms with Gasteiger partial charge in [0.1, 0.15) is 5.75 Å². The molecule has 0 aliphatic heterocycles. The van der Waals surface area contributed by atoms with E-state index in [9.17, 15) is 23.3 Å². The first-order valence-corrected chi connectivity index (χ1v) is 10.7. The van der Waals surface area contributed by atoms with Crippen LogP contribution in [-0.2, 0) is 16.7 Å². The number of nitro groups is 1. The molecule has 9 nitrogen and oxygen atoms in total. The molecule has 10 heteroatoms. The fraction of sp³-hybridized carbons (Fsp3) is 0.316. The van der Waals surface area contributed by atoms with Crippen LogP contribution in [-0.4, -0.2) is 36.6 Å². The summed E-state index contributed by atoms with van der Waals surface area (Å²) in [7, 11) is -3.60. The Morgan fingerprint density at radius 2 is 1.76 bits per heavy atom. The number of benzene rings is 2. The van der Waals surface area contributed by atoms with Gasteiger partial charge in [0.2, 0.25) is 0 Å². The van der Waals surface area contributed by atoms with Gasteiger partial charge in [-0.05, 0) is 43.2 Å². The molecular weight excluding hydrogens is 398 g/mol. The van der Waals surface area contributed by atoms with E-state index in [4.69, 9.17) is 4.18 Å². The van der Waals surface area contributed by atoms with Gasteiger partial charge < -0.3 is 14.4 Å². The van der Waals surface area contributed by atoms with Gasteiger partial charge in [-0.2, -0.15) is 8.42 Å². The van der Waals surface area contributed by atoms with Crippen molar-refractivity contribution in [2.24, 2.45) is 0 Å². The Hall–Kier alpha value is -3.14. The normalized spacial score (nSPS) is 12.1. The number of non-ortho nitro benzene ring substituents is 1. The summed E-state index contributed by atoms with van der Waals surface area (Å²) in [5, 5.41) is 13.5. The highest BCUT2D eigenvalue weighted by molar-refractivity contribution is 7.86. The van der Waals surface area contributed by atoms with E-state index in [1.807, 2.05) is 13.8 Å². The number of hydrogen-bond donors (Lipinski definition) is 1. The second-order valence-corrected chi connectivity index (χ2v) is 8.13. The first kappa shape index (κ1) is 22.2. The van der Waals surface area contributed by atoms with Crippen LogP contribution in [0, 0.1) is 10.1 Å². The fourth-order valence-corrected chi connectivity index (χ4v) is 2.99. The maximum absolute atomic E-state index is 12.8. The van der Waals surface area contributed by atoms with Crippen LogP contribution in [0.25, 0.3) is 0 Å². The van der Waals surface area contributed by atoms with Gasteiger partial charge in [-0.25, -0.2) is 4.79 Å². The van der Waals surface area contributed by atoms with Crippen LogP contribution in [0.15, 0.2) is 48.5 Å². The molecule has 1 N–H and O–H groups in total. The van der Waals surface area contributed by atoms with Crippen molar-refractivity contribution in [2.75, 3.05) is 11.6 Å². The zero-order valence-corrected chi connectivity index (χ0v) is 17.2. The van der Waals surface area contributed by atoms with E-state index in [1.165, 1.54) is 36.4 Å². The maximum Gasteiger partial charge on any atom is 0.322 e. The Morgan fingerprint density at radius 1 is 1.17 bits per heavy atom. The molecule has 0 radical (unpaired) electrons. The zero-order valence-electron chi connectivity index (χ0n) is 16.4. The number of carbonyl (C=O) groups excluding carboxylic acids is 1. The highest BCUT2D eigenvalue weighted by atomic mass is 32.2. The van der Waals surface area contributed by atoms with E-state index in [2.05, 4.69) is 5.32 Å². The lowest BCUT2D eigenvalue weighted by Crippen LogP contribution is -2.40. The number of nitro benzene ring substituents is 1. The second-order valence-electron chi connectivity index (χ2n) is 6.55. The summed E-state index contributed by atoms with van der Waals surface area (Å²) >= 11 is 0. The van der Waals surface area contributed by atoms with Crippen molar-refractivity contribution in [3.8, 4) is 5.75 Å². The first-order valence-electron chi connectivity index (χ1n) is 8.89. The largest absolute Gasteiger partial charge is 0.383 e. The predicted octanol–water partition coefficient (Wildman–Crippen LogP) is 3.77. The minimum Gasteiger partial charge on any atom is -0.383 e. The molecule has 0 fully saturated rings. The molecule has 0 aliphatic rings. The van der Waals surface area contributed by atoms with Gasteiger partial charge in [0.05, 0.1) is 11.2 Å². The minimum absolute atomic E-state index is 0.0572. The molecule has 0 aliphatic carbocycles. The quantitative estimate of drug-likeness (QED) is 0.394. The van der Waals surface area contributed by atoms with Crippen molar-refractivity contribution in [1.29, 1.82) is 0 Å². The summed E-state index contributed by atoms with van der Waals surface area (Å²) in [5.74, 6) is 0.196. The first-order chi connectivity index (χ1) is 13.6. The van der Waals surface area contributed by atoms with Gasteiger partial charge in [-0.1, -0.05) is 19.1 Å². The third-order valence-electron chi connectivity index (χ3n) is 4.24. The number of nitrogens with zero attached hydrogens (tertiary/aromatic N) is 2. The molecule has 0 aromatic heterocycles. The van der Waals surface area contributed by atoms with Crippen molar-refractivity contribution < 1.29 is 22.3 Å². The summed E-state index contributed by atoms with van der Waals surface area (Å²) in [5.41, 5.74) is 1.19. The maximum atomic E-state index is 12.8. The Balaban J connectivity index is 2.12. The van der Waals surface area contributed by atoms with Crippen LogP contribution in [0.2, 0.25) is 0 Å². The molecule has 1 atom stereocenters. The molecule has 0 saturated carbocycles. The summed E-state index contributed by atoms with van der Waals surface area (Å²) < 4.78 is 27.2. The number of anilines is 1. The molecule has 2 aromatic rings. The number of hydrogen-bond acceptors (Lipinski definition) is 6. The van der Waals surface area contributed by atoms with Crippen LogP contribution in [0.3, 0.4) is 0 Å².